The molecule has 0 bridgehead atoms. The van der Waals surface area contributed by atoms with Crippen molar-refractivity contribution in [1.29, 1.82) is 0 Å². The predicted octanol–water partition coefficient (Wildman–Crippen LogP) is 1.76. The number of hydrogen-bond acceptors (Lipinski definition) is 4. The van der Waals surface area contributed by atoms with Crippen molar-refractivity contribution in [2.24, 2.45) is 17.3 Å². The third-order valence-electron chi connectivity index (χ3n) is 4.19. The Morgan fingerprint density at radius 2 is 1.82 bits per heavy atom. The second-order valence-electron chi connectivity index (χ2n) is 5.41. The first-order valence-corrected chi connectivity index (χ1v) is 5.94. The van der Waals surface area contributed by atoms with E-state index in [0.29, 0.717) is 5.92 Å². The molecule has 0 N–H and O–H groups in total. The lowest BCUT2D eigenvalue weighted by atomic mass is 9.74. The van der Waals surface area contributed by atoms with Crippen molar-refractivity contribution in [3.63, 3.8) is 0 Å². The van der Waals surface area contributed by atoms with Gasteiger partial charge in [0.05, 0.1) is 13.5 Å². The molecule has 1 rings (SSSR count). The summed E-state index contributed by atoms with van der Waals surface area (Å²) in [5, 5.41) is 0. The van der Waals surface area contributed by atoms with Crippen LogP contribution in [0.5, 0.6) is 0 Å². The van der Waals surface area contributed by atoms with E-state index < -0.39 is 11.8 Å². The van der Waals surface area contributed by atoms with E-state index in [1.54, 1.807) is 0 Å². The molecule has 1 aliphatic carbocycles. The second-order valence-corrected chi connectivity index (χ2v) is 5.41. The topological polar surface area (TPSA) is 60.4 Å². The highest BCUT2D eigenvalue weighted by molar-refractivity contribution is 6.37. The van der Waals surface area contributed by atoms with Gasteiger partial charge in [-0.15, -0.1) is 0 Å². The predicted molar refractivity (Wildman–Crippen MR) is 62.3 cm³/mol. The SMILES string of the molecule is COC(=O)C(=O)CC(=O)[C@H]1CCC(C)C1(C)C. The van der Waals surface area contributed by atoms with Crippen LogP contribution < -0.4 is 0 Å². The Kier molecular flexibility index (Phi) is 4.07. The molecule has 0 heterocycles. The molecule has 0 aromatic rings. The summed E-state index contributed by atoms with van der Waals surface area (Å²) in [4.78, 5) is 34.3. The average Bonchev–Trinajstić information content (AvgIpc) is 2.52. The van der Waals surface area contributed by atoms with Gasteiger partial charge in [0.15, 0.2) is 0 Å². The summed E-state index contributed by atoms with van der Waals surface area (Å²) >= 11 is 0. The maximum absolute atomic E-state index is 12.0. The van der Waals surface area contributed by atoms with Crippen molar-refractivity contribution in [2.75, 3.05) is 7.11 Å². The Bertz CT molecular complexity index is 343. The van der Waals surface area contributed by atoms with Gasteiger partial charge in [0, 0.05) is 5.92 Å². The second kappa shape index (κ2) is 4.98. The van der Waals surface area contributed by atoms with E-state index in [1.165, 1.54) is 0 Å². The highest BCUT2D eigenvalue weighted by Gasteiger charge is 2.44. The van der Waals surface area contributed by atoms with E-state index in [2.05, 4.69) is 25.5 Å². The van der Waals surface area contributed by atoms with Gasteiger partial charge in [0.1, 0.15) is 5.78 Å². The van der Waals surface area contributed by atoms with Crippen LogP contribution in [0.15, 0.2) is 0 Å². The lowest BCUT2D eigenvalue weighted by Gasteiger charge is -2.30. The smallest absolute Gasteiger partial charge is 0.374 e. The lowest BCUT2D eigenvalue weighted by Crippen LogP contribution is -2.32. The van der Waals surface area contributed by atoms with Crippen LogP contribution in [0, 0.1) is 17.3 Å². The number of Topliss-reactive ketones (excluding diaryl/α,β-unsaturated/α-hetero) is 2. The zero-order valence-electron chi connectivity index (χ0n) is 10.9. The third kappa shape index (κ3) is 2.73. The van der Waals surface area contributed by atoms with Gasteiger partial charge in [-0.2, -0.15) is 0 Å². The average molecular weight is 240 g/mol. The zero-order chi connectivity index (χ0) is 13.2. The van der Waals surface area contributed by atoms with Crippen LogP contribution in [-0.2, 0) is 19.1 Å². The first kappa shape index (κ1) is 13.9. The fraction of sp³-hybridized carbons (Fsp3) is 0.769. The normalized spacial score (nSPS) is 26.6. The van der Waals surface area contributed by atoms with Crippen molar-refractivity contribution in [2.45, 2.75) is 40.0 Å². The molecule has 0 amide bonds. The molecular weight excluding hydrogens is 220 g/mol. The Morgan fingerprint density at radius 1 is 1.24 bits per heavy atom. The molecule has 1 unspecified atom stereocenters. The summed E-state index contributed by atoms with van der Waals surface area (Å²) in [5.74, 6) is -1.46. The molecule has 96 valence electrons. The molecule has 0 saturated heterocycles. The van der Waals surface area contributed by atoms with Crippen LogP contribution in [0.2, 0.25) is 0 Å². The lowest BCUT2D eigenvalue weighted by molar-refractivity contribution is -0.153. The summed E-state index contributed by atoms with van der Waals surface area (Å²) in [6.45, 7) is 6.22. The number of methoxy groups -OCH3 is 1. The fourth-order valence-corrected chi connectivity index (χ4v) is 2.55. The molecule has 2 atom stereocenters. The Balaban J connectivity index is 2.66. The number of esters is 1. The van der Waals surface area contributed by atoms with E-state index in [9.17, 15) is 14.4 Å². The van der Waals surface area contributed by atoms with Gasteiger partial charge in [-0.25, -0.2) is 4.79 Å². The highest BCUT2D eigenvalue weighted by atomic mass is 16.5. The molecule has 4 nitrogen and oxygen atoms in total. The maximum atomic E-state index is 12.0. The first-order valence-electron chi connectivity index (χ1n) is 5.94. The molecule has 0 aliphatic heterocycles. The number of ether oxygens (including phenoxy) is 1. The molecule has 1 saturated carbocycles. The molecule has 0 spiro atoms. The zero-order valence-corrected chi connectivity index (χ0v) is 10.9. The number of carbonyl (C=O) groups excluding carboxylic acids is 3. The van der Waals surface area contributed by atoms with E-state index in [-0.39, 0.29) is 23.5 Å². The van der Waals surface area contributed by atoms with Crippen LogP contribution in [-0.4, -0.2) is 24.6 Å². The van der Waals surface area contributed by atoms with Gasteiger partial charge in [0.2, 0.25) is 5.78 Å². The minimum atomic E-state index is -0.929. The van der Waals surface area contributed by atoms with Crippen molar-refractivity contribution in [3.8, 4) is 0 Å². The largest absolute Gasteiger partial charge is 0.463 e. The summed E-state index contributed by atoms with van der Waals surface area (Å²) in [7, 11) is 1.15. The van der Waals surface area contributed by atoms with E-state index in [1.807, 2.05) is 0 Å². The van der Waals surface area contributed by atoms with Gasteiger partial charge < -0.3 is 4.74 Å². The van der Waals surface area contributed by atoms with E-state index in [4.69, 9.17) is 0 Å². The van der Waals surface area contributed by atoms with Crippen molar-refractivity contribution < 1.29 is 19.1 Å². The molecule has 0 aromatic heterocycles. The van der Waals surface area contributed by atoms with Gasteiger partial charge in [-0.05, 0) is 24.2 Å². The Morgan fingerprint density at radius 3 is 2.24 bits per heavy atom. The van der Waals surface area contributed by atoms with Crippen LogP contribution in [0.25, 0.3) is 0 Å². The van der Waals surface area contributed by atoms with E-state index >= 15 is 0 Å². The summed E-state index contributed by atoms with van der Waals surface area (Å²) in [6, 6.07) is 0. The summed E-state index contributed by atoms with van der Waals surface area (Å²) < 4.78 is 4.31. The molecule has 1 fully saturated rings. The van der Waals surface area contributed by atoms with Crippen LogP contribution >= 0.6 is 0 Å². The summed E-state index contributed by atoms with van der Waals surface area (Å²) in [6.07, 6.45) is 1.48. The minimum absolute atomic E-state index is 0.0898. The molecule has 0 aromatic carbocycles. The standard InChI is InChI=1S/C13H20O4/c1-8-5-6-9(13(8,2)3)10(14)7-11(15)12(16)17-4/h8-9H,5-7H2,1-4H3/t8?,9-/m1/s1. The van der Waals surface area contributed by atoms with Crippen LogP contribution in [0.4, 0.5) is 0 Å². The Labute approximate surface area is 102 Å². The maximum Gasteiger partial charge on any atom is 0.374 e. The summed E-state index contributed by atoms with van der Waals surface area (Å²) in [5.41, 5.74) is -0.0898. The van der Waals surface area contributed by atoms with Crippen molar-refractivity contribution >= 4 is 17.5 Å². The number of hydrogen-bond donors (Lipinski definition) is 0. The fourth-order valence-electron chi connectivity index (χ4n) is 2.55. The molecule has 0 radical (unpaired) electrons. The van der Waals surface area contributed by atoms with Crippen LogP contribution in [0.1, 0.15) is 40.0 Å². The number of ketones is 2. The highest BCUT2D eigenvalue weighted by Crippen LogP contribution is 2.47. The van der Waals surface area contributed by atoms with Gasteiger partial charge in [0.25, 0.3) is 0 Å². The van der Waals surface area contributed by atoms with Crippen LogP contribution in [0.3, 0.4) is 0 Å². The monoisotopic (exact) mass is 240 g/mol. The molecule has 17 heavy (non-hydrogen) atoms. The van der Waals surface area contributed by atoms with Gasteiger partial charge in [-0.1, -0.05) is 20.8 Å². The van der Waals surface area contributed by atoms with Crippen molar-refractivity contribution in [1.82, 2.24) is 0 Å². The molecular formula is C13H20O4. The number of rotatable bonds is 4. The first-order chi connectivity index (χ1) is 7.80. The third-order valence-corrected chi connectivity index (χ3v) is 4.19. The quantitative estimate of drug-likeness (QED) is 0.427. The van der Waals surface area contributed by atoms with Gasteiger partial charge in [-0.3, -0.25) is 9.59 Å². The Hall–Kier alpha value is -1.19. The molecule has 1 aliphatic rings. The van der Waals surface area contributed by atoms with Gasteiger partial charge >= 0.3 is 5.97 Å². The van der Waals surface area contributed by atoms with Crippen molar-refractivity contribution in [3.05, 3.63) is 0 Å². The number of carbonyl (C=O) groups is 3. The van der Waals surface area contributed by atoms with E-state index in [0.717, 1.165) is 20.0 Å². The minimum Gasteiger partial charge on any atom is -0.463 e. The molecule has 4 heteroatoms.